The molecule has 0 atom stereocenters. The zero-order valence-corrected chi connectivity index (χ0v) is 59.4. The molecule has 2 aromatic carbocycles. The van der Waals surface area contributed by atoms with Crippen molar-refractivity contribution in [2.75, 3.05) is 0 Å². The molecule has 85 heavy (non-hydrogen) atoms. The molecule has 0 aromatic heterocycles. The molecule has 0 saturated carbocycles. The highest BCUT2D eigenvalue weighted by Gasteiger charge is 2.20. The first-order valence-electron chi connectivity index (χ1n) is 40.1. The quantitative estimate of drug-likeness (QED) is 0.0600. The molecule has 0 fully saturated rings. The van der Waals surface area contributed by atoms with Crippen LogP contribution in [-0.4, -0.2) is 0 Å². The fraction of sp³-hybridized carbons (Fsp3) is 0.857. The van der Waals surface area contributed by atoms with E-state index in [-0.39, 0.29) is 0 Å². The largest absolute Gasteiger partial charge is 0.457 e. The Morgan fingerprint density at radius 1 is 0.165 bits per heavy atom. The number of unbranched alkanes of at least 4 members (excludes halogenated alkanes) is 54. The molecule has 0 heterocycles. The van der Waals surface area contributed by atoms with Crippen LogP contribution in [0.4, 0.5) is 0 Å². The van der Waals surface area contributed by atoms with Crippen LogP contribution < -0.4 is 4.74 Å². The van der Waals surface area contributed by atoms with Crippen molar-refractivity contribution in [3.8, 4) is 11.5 Å². The highest BCUT2D eigenvalue weighted by Crippen LogP contribution is 2.38. The molecule has 0 radical (unpaired) electrons. The van der Waals surface area contributed by atoms with Crippen LogP contribution in [0.3, 0.4) is 0 Å². The van der Waals surface area contributed by atoms with Gasteiger partial charge in [0.25, 0.3) is 0 Å². The van der Waals surface area contributed by atoms with Crippen LogP contribution in [0.25, 0.3) is 0 Å². The molecule has 0 aliphatic carbocycles. The molecule has 0 aliphatic heterocycles. The van der Waals surface area contributed by atoms with Crippen molar-refractivity contribution < 1.29 is 4.74 Å². The van der Waals surface area contributed by atoms with Gasteiger partial charge in [-0.25, -0.2) is 0 Å². The molecule has 0 saturated heterocycles. The van der Waals surface area contributed by atoms with E-state index in [2.05, 4.69) is 65.8 Å². The van der Waals surface area contributed by atoms with Gasteiger partial charge >= 0.3 is 0 Å². The minimum Gasteiger partial charge on any atom is -0.457 e. The van der Waals surface area contributed by atoms with E-state index in [1.54, 1.807) is 33.4 Å². The second-order valence-electron chi connectivity index (χ2n) is 28.1. The number of hydrogen-bond acceptors (Lipinski definition) is 1. The monoisotopic (exact) mass is 1180 g/mol. The van der Waals surface area contributed by atoms with Crippen LogP contribution in [-0.2, 0) is 38.5 Å². The van der Waals surface area contributed by atoms with Gasteiger partial charge in [-0.1, -0.05) is 400 Å². The maximum Gasteiger partial charge on any atom is 0.130 e. The third-order valence-corrected chi connectivity index (χ3v) is 19.9. The molecule has 0 bridgehead atoms. The molecule has 2 aromatic rings. The Labute approximate surface area is 536 Å². The summed E-state index contributed by atoms with van der Waals surface area (Å²) in [6, 6.07) is 10.2. The summed E-state index contributed by atoms with van der Waals surface area (Å²) >= 11 is 0. The zero-order valence-electron chi connectivity index (χ0n) is 59.4. The second-order valence-corrected chi connectivity index (χ2v) is 28.1. The van der Waals surface area contributed by atoms with E-state index in [0.29, 0.717) is 0 Å². The number of aryl methyl sites for hydroxylation is 2. The number of benzene rings is 2. The minimum atomic E-state index is 1.18. The van der Waals surface area contributed by atoms with Crippen LogP contribution in [0.2, 0.25) is 0 Å². The van der Waals surface area contributed by atoms with Gasteiger partial charge in [0.1, 0.15) is 11.5 Å². The van der Waals surface area contributed by atoms with Crippen molar-refractivity contribution in [3.05, 3.63) is 57.6 Å². The van der Waals surface area contributed by atoms with Gasteiger partial charge in [0.2, 0.25) is 0 Å². The standard InChI is InChI=1S/C84H154O/c1-7-13-19-25-31-37-43-49-55-61-67-77-73-75-83(81(71-65-59-53-47-41-35-29-23-17-11-5)79(77)69-63-57-51-45-39-33-27-21-15-9-3)85-84-76-74-78(68-62-56-50-44-38-32-26-20-14-8-2)80(70-64-58-52-46-40-34-28-22-16-10-4)82(84)72-66-60-54-48-42-36-30-24-18-12-6/h73-76H,7-72H2,1-6H3. The van der Waals surface area contributed by atoms with Crippen LogP contribution in [0.1, 0.15) is 460 Å². The third kappa shape index (κ3) is 45.2. The van der Waals surface area contributed by atoms with E-state index in [1.807, 2.05) is 0 Å². The summed E-state index contributed by atoms with van der Waals surface area (Å²) in [5, 5.41) is 0. The first kappa shape index (κ1) is 79.3. The maximum atomic E-state index is 7.73. The predicted molar refractivity (Wildman–Crippen MR) is 386 cm³/mol. The summed E-state index contributed by atoms with van der Waals surface area (Å²) in [5.41, 5.74) is 9.98. The Morgan fingerprint density at radius 2 is 0.318 bits per heavy atom. The molecule has 2 rings (SSSR count). The lowest BCUT2D eigenvalue weighted by Gasteiger charge is -2.23. The molecule has 0 amide bonds. The molecule has 0 unspecified atom stereocenters. The maximum absolute atomic E-state index is 7.73. The Kier molecular flexibility index (Phi) is 58.3. The van der Waals surface area contributed by atoms with E-state index in [9.17, 15) is 0 Å². The summed E-state index contributed by atoms with van der Waals surface area (Å²) in [7, 11) is 0. The van der Waals surface area contributed by atoms with Crippen LogP contribution in [0.15, 0.2) is 24.3 Å². The SMILES string of the molecule is CCCCCCCCCCCCc1ccc(Oc2ccc(CCCCCCCCCCCC)c(CCCCCCCCCCCC)c2CCCCCCCCCCCC)c(CCCCCCCCCCCC)c1CCCCCCCCCCCC. The summed E-state index contributed by atoms with van der Waals surface area (Å²) in [6.45, 7) is 14.1. The molecule has 496 valence electrons. The van der Waals surface area contributed by atoms with Gasteiger partial charge in [0, 0.05) is 0 Å². The highest BCUT2D eigenvalue weighted by molar-refractivity contribution is 5.51. The Bertz CT molecular complexity index is 1550. The van der Waals surface area contributed by atoms with Gasteiger partial charge < -0.3 is 4.74 Å². The summed E-state index contributed by atoms with van der Waals surface area (Å²) in [4.78, 5) is 0. The van der Waals surface area contributed by atoms with E-state index >= 15 is 0 Å². The van der Waals surface area contributed by atoms with E-state index in [4.69, 9.17) is 4.74 Å². The zero-order chi connectivity index (χ0) is 60.8. The van der Waals surface area contributed by atoms with Crippen LogP contribution in [0.5, 0.6) is 11.5 Å². The van der Waals surface area contributed by atoms with E-state index < -0.39 is 0 Å². The lowest BCUT2D eigenvalue weighted by atomic mass is 9.88. The van der Waals surface area contributed by atoms with Crippen molar-refractivity contribution in [2.24, 2.45) is 0 Å². The van der Waals surface area contributed by atoms with Crippen molar-refractivity contribution in [1.82, 2.24) is 0 Å². The fourth-order valence-electron chi connectivity index (χ4n) is 14.2. The van der Waals surface area contributed by atoms with Gasteiger partial charge in [0.05, 0.1) is 0 Å². The van der Waals surface area contributed by atoms with Gasteiger partial charge in [-0.05, 0) is 123 Å². The molecule has 1 nitrogen and oxygen atoms in total. The molecule has 1 heteroatoms. The number of rotatable bonds is 68. The van der Waals surface area contributed by atoms with Gasteiger partial charge in [0.15, 0.2) is 0 Å². The van der Waals surface area contributed by atoms with E-state index in [0.717, 1.165) is 0 Å². The van der Waals surface area contributed by atoms with Crippen molar-refractivity contribution in [2.45, 2.75) is 465 Å². The lowest BCUT2D eigenvalue weighted by molar-refractivity contribution is 0.461. The van der Waals surface area contributed by atoms with Gasteiger partial charge in [-0.3, -0.25) is 0 Å². The van der Waals surface area contributed by atoms with Crippen LogP contribution >= 0.6 is 0 Å². The minimum absolute atomic E-state index is 1.18. The molecular formula is C84H154O. The lowest BCUT2D eigenvalue weighted by Crippen LogP contribution is -2.07. The normalized spacial score (nSPS) is 11.7. The van der Waals surface area contributed by atoms with Crippen molar-refractivity contribution >= 4 is 0 Å². The Balaban J connectivity index is 2.57. The average Bonchev–Trinajstić information content (AvgIpc) is 2.98. The fourth-order valence-corrected chi connectivity index (χ4v) is 14.2. The first-order valence-corrected chi connectivity index (χ1v) is 40.1. The van der Waals surface area contributed by atoms with Crippen LogP contribution in [0, 0.1) is 0 Å². The summed E-state index contributed by atoms with van der Waals surface area (Å²) < 4.78 is 7.73. The molecule has 0 aliphatic rings. The van der Waals surface area contributed by atoms with Crippen molar-refractivity contribution in [1.29, 1.82) is 0 Å². The smallest absolute Gasteiger partial charge is 0.130 e. The Morgan fingerprint density at radius 3 is 0.506 bits per heavy atom. The second kappa shape index (κ2) is 62.4. The first-order chi connectivity index (χ1) is 42.1. The topological polar surface area (TPSA) is 9.23 Å². The molecule has 0 spiro atoms. The van der Waals surface area contributed by atoms with Gasteiger partial charge in [-0.2, -0.15) is 0 Å². The molecular weight excluding hydrogens is 1020 g/mol. The summed E-state index contributed by atoms with van der Waals surface area (Å²) in [5.74, 6) is 2.45. The number of ether oxygens (including phenoxy) is 1. The van der Waals surface area contributed by atoms with Crippen molar-refractivity contribution in [3.63, 3.8) is 0 Å². The molecule has 0 N–H and O–H groups in total. The van der Waals surface area contributed by atoms with E-state index in [1.165, 1.54) is 435 Å². The Hall–Kier alpha value is -1.76. The highest BCUT2D eigenvalue weighted by atomic mass is 16.5. The van der Waals surface area contributed by atoms with Gasteiger partial charge in [-0.15, -0.1) is 0 Å². The third-order valence-electron chi connectivity index (χ3n) is 19.9. The summed E-state index contributed by atoms with van der Waals surface area (Å²) in [6.07, 6.45) is 91.4. The average molecular weight is 1180 g/mol. The number of hydrogen-bond donors (Lipinski definition) is 0. The predicted octanol–water partition coefficient (Wildman–Crippen LogP) is 30.3.